The molecule has 168 valence electrons. The third kappa shape index (κ3) is 5.97. The van der Waals surface area contributed by atoms with Gasteiger partial charge in [-0.25, -0.2) is 0 Å². The van der Waals surface area contributed by atoms with Crippen molar-refractivity contribution < 1.29 is 22.9 Å². The predicted molar refractivity (Wildman–Crippen MR) is 111 cm³/mol. The van der Waals surface area contributed by atoms with Gasteiger partial charge in [-0.3, -0.25) is 14.9 Å². The normalized spacial score (nSPS) is 11.2. The summed E-state index contributed by atoms with van der Waals surface area (Å²) >= 11 is 1.41. The van der Waals surface area contributed by atoms with Crippen molar-refractivity contribution in [3.63, 3.8) is 0 Å². The van der Waals surface area contributed by atoms with Crippen LogP contribution in [0.2, 0.25) is 0 Å². The first-order valence-corrected chi connectivity index (χ1v) is 9.96. The van der Waals surface area contributed by atoms with Gasteiger partial charge in [0.2, 0.25) is 5.91 Å². The van der Waals surface area contributed by atoms with Gasteiger partial charge in [-0.2, -0.15) is 13.2 Å². The van der Waals surface area contributed by atoms with E-state index in [9.17, 15) is 28.1 Å². The van der Waals surface area contributed by atoms with Gasteiger partial charge in [0.05, 0.1) is 10.5 Å². The highest BCUT2D eigenvalue weighted by Crippen LogP contribution is 2.35. The molecule has 13 heteroatoms. The van der Waals surface area contributed by atoms with Crippen LogP contribution < -0.4 is 10.6 Å². The Balaban J connectivity index is 1.53. The van der Waals surface area contributed by atoms with Crippen molar-refractivity contribution >= 4 is 34.7 Å². The van der Waals surface area contributed by atoms with Crippen molar-refractivity contribution in [3.05, 3.63) is 64.5 Å². The molecule has 0 aliphatic rings. The summed E-state index contributed by atoms with van der Waals surface area (Å²) in [5.41, 5.74) is -1.37. The minimum atomic E-state index is -4.69. The zero-order valence-corrected chi connectivity index (χ0v) is 17.4. The van der Waals surface area contributed by atoms with Gasteiger partial charge in [-0.05, 0) is 48.2 Å². The van der Waals surface area contributed by atoms with Crippen molar-refractivity contribution in [3.8, 4) is 0 Å². The van der Waals surface area contributed by atoms with Crippen LogP contribution in [0.4, 0.5) is 30.2 Å². The van der Waals surface area contributed by atoms with E-state index in [1.807, 2.05) is 7.05 Å². The summed E-state index contributed by atoms with van der Waals surface area (Å²) in [5, 5.41) is 24.9. The van der Waals surface area contributed by atoms with Crippen LogP contribution in [0.25, 0.3) is 0 Å². The Kier molecular flexibility index (Phi) is 6.98. The van der Waals surface area contributed by atoms with Gasteiger partial charge in [0.15, 0.2) is 5.16 Å². The van der Waals surface area contributed by atoms with Crippen LogP contribution in [0.1, 0.15) is 12.0 Å². The Hall–Kier alpha value is -3.61. The van der Waals surface area contributed by atoms with Crippen LogP contribution in [0.5, 0.6) is 0 Å². The minimum absolute atomic E-state index is 0.00185. The molecule has 3 rings (SSSR count). The summed E-state index contributed by atoms with van der Waals surface area (Å²) in [6, 6.07) is 9.22. The predicted octanol–water partition coefficient (Wildman–Crippen LogP) is 4.33. The van der Waals surface area contributed by atoms with E-state index < -0.39 is 22.4 Å². The zero-order chi connectivity index (χ0) is 23.3. The Morgan fingerprint density at radius 2 is 1.94 bits per heavy atom. The zero-order valence-electron chi connectivity index (χ0n) is 16.6. The maximum Gasteiger partial charge on any atom is 0.416 e. The third-order valence-corrected chi connectivity index (χ3v) is 5.27. The van der Waals surface area contributed by atoms with E-state index in [1.165, 1.54) is 11.8 Å². The van der Waals surface area contributed by atoms with Gasteiger partial charge < -0.3 is 15.2 Å². The molecule has 0 atom stereocenters. The number of benzene rings is 2. The van der Waals surface area contributed by atoms with Crippen LogP contribution in [0, 0.1) is 10.1 Å². The standard InChI is InChI=1S/C19H17F3N6O3S/c1-27-11-24-26-18(27)32-14-5-3-13(4-6-14)25-17(29)8-9-23-15-7-2-12(19(20,21)22)10-16(15)28(30)31/h2-7,10-11,23H,8-9H2,1H3,(H,25,29). The molecule has 0 bridgehead atoms. The largest absolute Gasteiger partial charge is 0.416 e. The topological polar surface area (TPSA) is 115 Å². The van der Waals surface area contributed by atoms with Gasteiger partial charge in [0.25, 0.3) is 5.69 Å². The molecule has 0 aliphatic carbocycles. The van der Waals surface area contributed by atoms with Gasteiger partial charge >= 0.3 is 6.18 Å². The van der Waals surface area contributed by atoms with Crippen molar-refractivity contribution in [2.75, 3.05) is 17.2 Å². The molecular weight excluding hydrogens is 449 g/mol. The molecule has 0 saturated heterocycles. The minimum Gasteiger partial charge on any atom is -0.379 e. The molecule has 0 aliphatic heterocycles. The summed E-state index contributed by atoms with van der Waals surface area (Å²) in [5.74, 6) is -0.360. The van der Waals surface area contributed by atoms with Crippen LogP contribution in [-0.2, 0) is 18.0 Å². The fourth-order valence-electron chi connectivity index (χ4n) is 2.62. The number of aromatic nitrogens is 3. The Morgan fingerprint density at radius 1 is 1.22 bits per heavy atom. The molecule has 2 N–H and O–H groups in total. The number of hydrogen-bond donors (Lipinski definition) is 2. The number of halogens is 3. The van der Waals surface area contributed by atoms with Gasteiger partial charge in [0, 0.05) is 36.7 Å². The number of nitro groups is 1. The fraction of sp³-hybridized carbons (Fsp3) is 0.211. The first-order valence-electron chi connectivity index (χ1n) is 9.15. The highest BCUT2D eigenvalue weighted by molar-refractivity contribution is 7.99. The van der Waals surface area contributed by atoms with Crippen molar-refractivity contribution in [1.29, 1.82) is 0 Å². The monoisotopic (exact) mass is 466 g/mol. The third-order valence-electron chi connectivity index (χ3n) is 4.21. The van der Waals surface area contributed by atoms with E-state index in [-0.39, 0.29) is 24.6 Å². The maximum absolute atomic E-state index is 12.8. The van der Waals surface area contributed by atoms with Crippen molar-refractivity contribution in [2.24, 2.45) is 7.05 Å². The smallest absolute Gasteiger partial charge is 0.379 e. The van der Waals surface area contributed by atoms with E-state index in [0.717, 1.165) is 17.0 Å². The van der Waals surface area contributed by atoms with E-state index in [2.05, 4.69) is 20.8 Å². The molecule has 1 heterocycles. The van der Waals surface area contributed by atoms with Crippen molar-refractivity contribution in [1.82, 2.24) is 14.8 Å². The molecule has 0 fully saturated rings. The molecule has 3 aromatic rings. The fourth-order valence-corrected chi connectivity index (χ4v) is 3.38. The van der Waals surface area contributed by atoms with Crippen LogP contribution in [0.15, 0.2) is 58.8 Å². The number of aryl methyl sites for hydroxylation is 1. The molecule has 0 saturated carbocycles. The number of amides is 1. The maximum atomic E-state index is 12.8. The number of alkyl halides is 3. The number of carbonyl (C=O) groups excluding carboxylic acids is 1. The molecule has 1 aromatic heterocycles. The summed E-state index contributed by atoms with van der Waals surface area (Å²) in [6.07, 6.45) is -3.15. The highest BCUT2D eigenvalue weighted by atomic mass is 32.2. The average molecular weight is 466 g/mol. The number of anilines is 2. The first-order chi connectivity index (χ1) is 15.1. The van der Waals surface area contributed by atoms with Gasteiger partial charge in [0.1, 0.15) is 12.0 Å². The molecule has 0 radical (unpaired) electrons. The van der Waals surface area contributed by atoms with Gasteiger partial charge in [-0.1, -0.05) is 0 Å². The molecule has 0 unspecified atom stereocenters. The second kappa shape index (κ2) is 9.68. The second-order valence-electron chi connectivity index (χ2n) is 6.56. The molecule has 9 nitrogen and oxygen atoms in total. The van der Waals surface area contributed by atoms with Crippen molar-refractivity contribution in [2.45, 2.75) is 22.6 Å². The summed E-state index contributed by atoms with van der Waals surface area (Å²) in [7, 11) is 1.82. The lowest BCUT2D eigenvalue weighted by Crippen LogP contribution is -2.16. The first kappa shape index (κ1) is 23.1. The number of carbonyl (C=O) groups is 1. The van der Waals surface area contributed by atoms with Crippen LogP contribution in [0.3, 0.4) is 0 Å². The summed E-state index contributed by atoms with van der Waals surface area (Å²) in [6.45, 7) is -0.00185. The van der Waals surface area contributed by atoms with E-state index in [1.54, 1.807) is 35.2 Å². The number of nitro benzene ring substituents is 1. The number of nitrogens with one attached hydrogen (secondary N) is 2. The lowest BCUT2D eigenvalue weighted by atomic mass is 10.1. The Labute approximate surface area is 184 Å². The molecule has 2 aromatic carbocycles. The Morgan fingerprint density at radius 3 is 2.53 bits per heavy atom. The highest BCUT2D eigenvalue weighted by Gasteiger charge is 2.33. The number of nitrogens with zero attached hydrogens (tertiary/aromatic N) is 4. The quantitative estimate of drug-likeness (QED) is 0.375. The lowest BCUT2D eigenvalue weighted by Gasteiger charge is -2.11. The molecule has 1 amide bonds. The van der Waals surface area contributed by atoms with E-state index >= 15 is 0 Å². The second-order valence-corrected chi connectivity index (χ2v) is 7.60. The SMILES string of the molecule is Cn1cnnc1Sc1ccc(NC(=O)CCNc2ccc(C(F)(F)F)cc2[N+](=O)[O-])cc1. The van der Waals surface area contributed by atoms with Crippen LogP contribution in [-0.4, -0.2) is 32.1 Å². The lowest BCUT2D eigenvalue weighted by molar-refractivity contribution is -0.384. The van der Waals surface area contributed by atoms with E-state index in [4.69, 9.17) is 0 Å². The molecule has 32 heavy (non-hydrogen) atoms. The summed E-state index contributed by atoms with van der Waals surface area (Å²) in [4.78, 5) is 23.2. The van der Waals surface area contributed by atoms with E-state index in [0.29, 0.717) is 16.9 Å². The average Bonchev–Trinajstić information content (AvgIpc) is 3.13. The van der Waals surface area contributed by atoms with Crippen LogP contribution >= 0.6 is 11.8 Å². The number of hydrogen-bond acceptors (Lipinski definition) is 7. The van der Waals surface area contributed by atoms with Gasteiger partial charge in [-0.15, -0.1) is 10.2 Å². The number of rotatable bonds is 8. The summed E-state index contributed by atoms with van der Waals surface area (Å²) < 4.78 is 40.1. The molecule has 0 spiro atoms. The Bertz CT molecular complexity index is 1120. The molecular formula is C19H17F3N6O3S.